The third-order valence-electron chi connectivity index (χ3n) is 5.34. The number of nitrogens with one attached hydrogen (secondary N) is 2. The largest absolute Gasteiger partial charge is 0.399 e. The summed E-state index contributed by atoms with van der Waals surface area (Å²) in [5.41, 5.74) is 7.79. The van der Waals surface area contributed by atoms with E-state index in [4.69, 9.17) is 5.73 Å². The maximum absolute atomic E-state index is 13.7. The van der Waals surface area contributed by atoms with Crippen molar-refractivity contribution in [3.63, 3.8) is 0 Å². The van der Waals surface area contributed by atoms with Gasteiger partial charge in [0.15, 0.2) is 0 Å². The molecule has 2 aromatic rings. The fourth-order valence-corrected chi connectivity index (χ4v) is 3.72. The number of hydrogen-bond donors (Lipinski definition) is 3. The van der Waals surface area contributed by atoms with E-state index in [2.05, 4.69) is 22.5 Å². The van der Waals surface area contributed by atoms with Gasteiger partial charge in [-0.1, -0.05) is 18.1 Å². The fraction of sp³-hybridized carbons (Fsp3) is 0.217. The summed E-state index contributed by atoms with van der Waals surface area (Å²) in [5, 5.41) is 4.89. The van der Waals surface area contributed by atoms with Gasteiger partial charge in [0.1, 0.15) is 11.9 Å². The Labute approximate surface area is 183 Å². The van der Waals surface area contributed by atoms with Crippen LogP contribution in [0.15, 0.2) is 36.4 Å². The van der Waals surface area contributed by atoms with Crippen molar-refractivity contribution in [2.24, 2.45) is 0 Å². The Bertz CT molecular complexity index is 1210. The van der Waals surface area contributed by atoms with Gasteiger partial charge in [0.2, 0.25) is 11.8 Å². The van der Waals surface area contributed by atoms with Crippen LogP contribution in [0.4, 0.5) is 10.1 Å². The average molecular weight is 434 g/mol. The molecule has 0 spiro atoms. The predicted molar refractivity (Wildman–Crippen MR) is 112 cm³/mol. The van der Waals surface area contributed by atoms with Crippen molar-refractivity contribution in [1.29, 1.82) is 0 Å². The minimum absolute atomic E-state index is 0.0685. The number of carbonyl (C=O) groups excluding carboxylic acids is 4. The maximum Gasteiger partial charge on any atom is 0.296 e. The monoisotopic (exact) mass is 434 g/mol. The minimum atomic E-state index is -0.681. The normalized spacial score (nSPS) is 17.3. The van der Waals surface area contributed by atoms with Crippen LogP contribution in [0, 0.1) is 17.7 Å². The number of fused-ring (bicyclic) bond motifs is 1. The lowest BCUT2D eigenvalue weighted by molar-refractivity contribution is -0.137. The van der Waals surface area contributed by atoms with Crippen LogP contribution in [0.2, 0.25) is 0 Å². The molecule has 1 atom stereocenters. The average Bonchev–Trinajstić information content (AvgIpc) is 3.07. The number of hydrogen-bond acceptors (Lipinski definition) is 5. The lowest BCUT2D eigenvalue weighted by atomic mass is 10.0. The number of nitrogen functional groups attached to an aromatic ring is 1. The number of benzene rings is 2. The molecule has 2 aromatic carbocycles. The summed E-state index contributed by atoms with van der Waals surface area (Å²) in [6, 6.07) is 8.49. The van der Waals surface area contributed by atoms with Crippen LogP contribution in [0.25, 0.3) is 0 Å². The molecule has 1 saturated heterocycles. The molecule has 2 aliphatic rings. The topological polar surface area (TPSA) is 122 Å². The quantitative estimate of drug-likeness (QED) is 0.375. The number of amides is 4. The van der Waals surface area contributed by atoms with Crippen LogP contribution in [0.3, 0.4) is 0 Å². The maximum atomic E-state index is 13.7. The molecule has 0 saturated carbocycles. The molecule has 0 bridgehead atoms. The minimum Gasteiger partial charge on any atom is -0.399 e. The van der Waals surface area contributed by atoms with Crippen molar-refractivity contribution in [2.75, 3.05) is 5.73 Å². The highest BCUT2D eigenvalue weighted by atomic mass is 19.1. The van der Waals surface area contributed by atoms with Crippen molar-refractivity contribution in [3.8, 4) is 11.8 Å². The van der Waals surface area contributed by atoms with Gasteiger partial charge < -0.3 is 16.0 Å². The lowest BCUT2D eigenvalue weighted by Crippen LogP contribution is -2.52. The van der Waals surface area contributed by atoms with Gasteiger partial charge in [0.05, 0.1) is 5.56 Å². The number of nitrogens with two attached hydrogens (primary N) is 1. The number of imide groups is 1. The molecule has 162 valence electrons. The lowest BCUT2D eigenvalue weighted by Gasteiger charge is -2.29. The number of piperidine rings is 1. The molecule has 0 aliphatic carbocycles. The van der Waals surface area contributed by atoms with Gasteiger partial charge in [0.25, 0.3) is 11.8 Å². The van der Waals surface area contributed by atoms with Crippen molar-refractivity contribution in [1.82, 2.24) is 15.5 Å². The van der Waals surface area contributed by atoms with Gasteiger partial charge in [-0.05, 0) is 41.8 Å². The number of nitrogens with zero attached hydrogens (tertiary/aromatic N) is 1. The summed E-state index contributed by atoms with van der Waals surface area (Å²) in [6.45, 7) is 0.413. The highest BCUT2D eigenvalue weighted by Crippen LogP contribution is 2.28. The Balaban J connectivity index is 1.39. The molecular formula is C23H19FN4O4. The number of anilines is 1. The van der Waals surface area contributed by atoms with Crippen molar-refractivity contribution in [2.45, 2.75) is 32.0 Å². The molecule has 9 heteroatoms. The van der Waals surface area contributed by atoms with Gasteiger partial charge in [-0.15, -0.1) is 0 Å². The molecule has 0 radical (unpaired) electrons. The first-order chi connectivity index (χ1) is 15.3. The fourth-order valence-electron chi connectivity index (χ4n) is 3.72. The molecule has 1 unspecified atom stereocenters. The highest BCUT2D eigenvalue weighted by Gasteiger charge is 2.39. The van der Waals surface area contributed by atoms with E-state index in [0.29, 0.717) is 12.0 Å². The predicted octanol–water partition coefficient (Wildman–Crippen LogP) is 0.837. The molecule has 4 amide bonds. The third-order valence-corrected chi connectivity index (χ3v) is 5.34. The van der Waals surface area contributed by atoms with Crippen LogP contribution in [0.1, 0.15) is 39.9 Å². The first kappa shape index (κ1) is 21.1. The second-order valence-corrected chi connectivity index (χ2v) is 7.56. The smallest absolute Gasteiger partial charge is 0.296 e. The highest BCUT2D eigenvalue weighted by molar-refractivity contribution is 6.05. The van der Waals surface area contributed by atoms with E-state index in [0.717, 1.165) is 17.2 Å². The molecule has 32 heavy (non-hydrogen) atoms. The standard InChI is InChI=1S/C23H19FN4O4/c24-18-10-16(25)4-2-14(18)3-7-20(29)26-11-13-1-5-17-15(9-13)12-28(23(17)32)19-6-8-21(30)27-22(19)31/h1-2,4-5,9-10,19H,6,8,11-12,25H2,(H,26,29)(H,27,30,31). The summed E-state index contributed by atoms with van der Waals surface area (Å²) < 4.78 is 13.7. The number of rotatable bonds is 3. The molecule has 8 nitrogen and oxygen atoms in total. The van der Waals surface area contributed by atoms with Crippen LogP contribution in [0.5, 0.6) is 0 Å². The van der Waals surface area contributed by atoms with Crippen molar-refractivity contribution < 1.29 is 23.6 Å². The Kier molecular flexibility index (Phi) is 5.60. The third kappa shape index (κ3) is 4.30. The second-order valence-electron chi connectivity index (χ2n) is 7.56. The van der Waals surface area contributed by atoms with Crippen LogP contribution in [-0.4, -0.2) is 34.6 Å². The first-order valence-corrected chi connectivity index (χ1v) is 9.93. The Morgan fingerprint density at radius 1 is 1.22 bits per heavy atom. The molecule has 0 aromatic heterocycles. The summed E-state index contributed by atoms with van der Waals surface area (Å²) in [7, 11) is 0. The molecule has 2 heterocycles. The summed E-state index contributed by atoms with van der Waals surface area (Å²) in [6.07, 6.45) is 0.482. The summed E-state index contributed by atoms with van der Waals surface area (Å²) in [5.74, 6) is 2.55. The van der Waals surface area contributed by atoms with Gasteiger partial charge in [-0.25, -0.2) is 4.39 Å². The summed E-state index contributed by atoms with van der Waals surface area (Å²) in [4.78, 5) is 49.7. The number of carbonyl (C=O) groups is 4. The van der Waals surface area contributed by atoms with E-state index in [1.807, 2.05) is 0 Å². The van der Waals surface area contributed by atoms with E-state index in [1.54, 1.807) is 18.2 Å². The van der Waals surface area contributed by atoms with Gasteiger partial charge in [0, 0.05) is 36.7 Å². The number of halogens is 1. The van der Waals surface area contributed by atoms with Crippen molar-refractivity contribution in [3.05, 3.63) is 64.5 Å². The van der Waals surface area contributed by atoms with Gasteiger partial charge >= 0.3 is 0 Å². The van der Waals surface area contributed by atoms with Crippen molar-refractivity contribution >= 4 is 29.3 Å². The zero-order valence-corrected chi connectivity index (χ0v) is 16.9. The van der Waals surface area contributed by atoms with Crippen LogP contribution < -0.4 is 16.4 Å². The SMILES string of the molecule is Nc1ccc(C#CC(=O)NCc2ccc3c(c2)CN(C2CCC(=O)NC2=O)C3=O)c(F)c1. The Hall–Kier alpha value is -4.19. The van der Waals surface area contributed by atoms with Gasteiger partial charge in [-0.2, -0.15) is 0 Å². The zero-order valence-electron chi connectivity index (χ0n) is 16.9. The first-order valence-electron chi connectivity index (χ1n) is 9.93. The van der Waals surface area contributed by atoms with E-state index in [-0.39, 0.29) is 42.6 Å². The molecule has 4 rings (SSSR count). The second kappa shape index (κ2) is 8.51. The molecular weight excluding hydrogens is 415 g/mol. The van der Waals surface area contributed by atoms with Crippen LogP contribution >= 0.6 is 0 Å². The van der Waals surface area contributed by atoms with E-state index in [1.165, 1.54) is 17.0 Å². The van der Waals surface area contributed by atoms with Crippen LogP contribution in [-0.2, 0) is 27.5 Å². The molecule has 2 aliphatic heterocycles. The molecule has 4 N–H and O–H groups in total. The van der Waals surface area contributed by atoms with E-state index >= 15 is 0 Å². The molecule has 1 fully saturated rings. The van der Waals surface area contributed by atoms with E-state index < -0.39 is 23.7 Å². The van der Waals surface area contributed by atoms with Gasteiger partial charge in [-0.3, -0.25) is 24.5 Å². The zero-order chi connectivity index (χ0) is 22.8. The summed E-state index contributed by atoms with van der Waals surface area (Å²) >= 11 is 0. The Morgan fingerprint density at radius 2 is 2.03 bits per heavy atom. The Morgan fingerprint density at radius 3 is 2.78 bits per heavy atom. The van der Waals surface area contributed by atoms with E-state index in [9.17, 15) is 23.6 Å².